The van der Waals surface area contributed by atoms with Crippen LogP contribution in [0.25, 0.3) is 12.4 Å². The molecule has 2 aromatic rings. The fourth-order valence-electron chi connectivity index (χ4n) is 7.09. The summed E-state index contributed by atoms with van der Waals surface area (Å²) in [7, 11) is 0. The Labute approximate surface area is 248 Å². The number of nitrogens with zero attached hydrogens (tertiary/aromatic N) is 2. The van der Waals surface area contributed by atoms with Gasteiger partial charge in [-0.3, -0.25) is 5.41 Å². The first-order valence-corrected chi connectivity index (χ1v) is 15.7. The monoisotopic (exact) mass is 583 g/mol. The third-order valence-corrected chi connectivity index (χ3v) is 10.1. The molecule has 6 rings (SSSR count). The summed E-state index contributed by atoms with van der Waals surface area (Å²) in [6, 6.07) is 5.55. The Bertz CT molecular complexity index is 1480. The van der Waals surface area contributed by atoms with Crippen LogP contribution in [-0.2, 0) is 17.9 Å². The lowest BCUT2D eigenvalue weighted by Gasteiger charge is -2.39. The number of piperidine rings is 1. The molecule has 0 unspecified atom stereocenters. The van der Waals surface area contributed by atoms with Crippen molar-refractivity contribution in [3.8, 4) is 0 Å². The van der Waals surface area contributed by atoms with Gasteiger partial charge in [-0.05, 0) is 81.0 Å². The number of nitrogens with two attached hydrogens (primary N) is 1. The third-order valence-electron chi connectivity index (χ3n) is 10.1. The van der Waals surface area contributed by atoms with E-state index in [9.17, 15) is 0 Å². The van der Waals surface area contributed by atoms with Crippen LogP contribution in [-0.4, -0.2) is 29.1 Å². The molecule has 4 aliphatic rings. The topological polar surface area (TPSA) is 70.1 Å². The lowest BCUT2D eigenvalue weighted by molar-refractivity contribution is -0.0898. The number of alkyl halides is 2. The molecule has 1 saturated heterocycles. The van der Waals surface area contributed by atoms with Gasteiger partial charge in [0.25, 0.3) is 5.92 Å². The van der Waals surface area contributed by atoms with Crippen LogP contribution in [0, 0.1) is 22.6 Å². The maximum atomic E-state index is 15.9. The smallest absolute Gasteiger partial charge is 0.278 e. The molecule has 6 bridgehead atoms. The molecule has 1 atom stereocenters. The molecule has 4 heterocycles. The molecule has 230 valence electrons. The van der Waals surface area contributed by atoms with Crippen LogP contribution in [0.1, 0.15) is 102 Å². The molecule has 4 N–H and O–H groups in total. The van der Waals surface area contributed by atoms with Crippen molar-refractivity contribution in [2.75, 3.05) is 19.6 Å². The SMILES string of the molecule is C=c1c(C2(C)CC2)c/c2c(=N)n1CCCCCC(C)(C)CN1CCC(CC1)C(F)(F)c1cccc(c1F)[C@@H](C)N/C=2N. The second kappa shape index (κ2) is 11.4. The van der Waals surface area contributed by atoms with E-state index in [2.05, 4.69) is 37.6 Å². The minimum Gasteiger partial charge on any atom is -0.385 e. The number of hydrogen-bond donors (Lipinski definition) is 3. The van der Waals surface area contributed by atoms with Gasteiger partial charge in [-0.25, -0.2) is 13.2 Å². The molecule has 5 nitrogen and oxygen atoms in total. The van der Waals surface area contributed by atoms with Gasteiger partial charge in [-0.1, -0.05) is 58.4 Å². The van der Waals surface area contributed by atoms with Gasteiger partial charge in [-0.2, -0.15) is 0 Å². The summed E-state index contributed by atoms with van der Waals surface area (Å²) in [5.41, 5.74) is 7.61. The Hall–Kier alpha value is -2.74. The maximum absolute atomic E-state index is 15.9. The van der Waals surface area contributed by atoms with Crippen molar-refractivity contribution in [2.45, 2.75) is 103 Å². The predicted molar refractivity (Wildman–Crippen MR) is 162 cm³/mol. The molecular weight excluding hydrogens is 535 g/mol. The Kier molecular flexibility index (Phi) is 8.34. The molecular formula is C34H48F3N5. The van der Waals surface area contributed by atoms with Crippen molar-refractivity contribution < 1.29 is 13.2 Å². The molecule has 0 spiro atoms. The van der Waals surface area contributed by atoms with E-state index in [-0.39, 0.29) is 27.7 Å². The van der Waals surface area contributed by atoms with Crippen molar-refractivity contribution >= 4 is 12.4 Å². The van der Waals surface area contributed by atoms with Crippen LogP contribution in [0.15, 0.2) is 24.3 Å². The predicted octanol–water partition coefficient (Wildman–Crippen LogP) is 5.35. The van der Waals surface area contributed by atoms with E-state index in [1.54, 1.807) is 6.92 Å². The van der Waals surface area contributed by atoms with Gasteiger partial charge in [0.15, 0.2) is 0 Å². The molecule has 1 aromatic carbocycles. The van der Waals surface area contributed by atoms with Gasteiger partial charge in [0.05, 0.1) is 16.8 Å². The first-order valence-electron chi connectivity index (χ1n) is 15.7. The molecule has 42 heavy (non-hydrogen) atoms. The highest BCUT2D eigenvalue weighted by molar-refractivity contribution is 5.43. The lowest BCUT2D eigenvalue weighted by Crippen LogP contribution is -2.48. The van der Waals surface area contributed by atoms with Gasteiger partial charge in [0.1, 0.15) is 17.1 Å². The van der Waals surface area contributed by atoms with E-state index in [1.807, 2.05) is 10.6 Å². The van der Waals surface area contributed by atoms with Gasteiger partial charge in [-0.15, -0.1) is 0 Å². The lowest BCUT2D eigenvalue weighted by atomic mass is 9.82. The zero-order valence-electron chi connectivity index (χ0n) is 25.8. The fraction of sp³-hybridized carbons (Fsp3) is 0.618. The number of nitrogens with one attached hydrogen (secondary N) is 2. The van der Waals surface area contributed by atoms with Crippen LogP contribution in [0.4, 0.5) is 13.2 Å². The summed E-state index contributed by atoms with van der Waals surface area (Å²) in [4.78, 5) is 2.30. The van der Waals surface area contributed by atoms with Crippen molar-refractivity contribution in [1.29, 1.82) is 5.41 Å². The van der Waals surface area contributed by atoms with E-state index in [0.717, 1.165) is 56.0 Å². The first kappa shape index (κ1) is 30.7. The second-order valence-corrected chi connectivity index (χ2v) is 14.1. The standard InChI is InChI=1S/C34H48F3N5/c1-22-25-10-9-11-27(29(25)35)34(36,37)24-12-18-41(19-13-24)21-32(3,4)14-7-6-8-17-42-23(2)28(33(5)15-16-33)20-26(31(42)39)30(38)40-22/h9-11,20,22,24,39-40H,2,6-8,12-19,21,38H2,1,3-5H3/b30-26+,39-31?/t22-/m1/s1. The van der Waals surface area contributed by atoms with Crippen LogP contribution in [0.3, 0.4) is 0 Å². The Balaban J connectivity index is 1.57. The van der Waals surface area contributed by atoms with Crippen molar-refractivity contribution in [3.63, 3.8) is 0 Å². The highest BCUT2D eigenvalue weighted by atomic mass is 19.3. The van der Waals surface area contributed by atoms with Crippen molar-refractivity contribution in [2.24, 2.45) is 17.1 Å². The molecule has 8 heteroatoms. The number of benzene rings is 1. The molecule has 1 aliphatic carbocycles. The molecule has 2 fully saturated rings. The highest BCUT2D eigenvalue weighted by Gasteiger charge is 2.45. The minimum atomic E-state index is -3.27. The number of fused-ring (bicyclic) bond motifs is 10. The fourth-order valence-corrected chi connectivity index (χ4v) is 7.09. The summed E-state index contributed by atoms with van der Waals surface area (Å²) < 4.78 is 49.6. The van der Waals surface area contributed by atoms with E-state index >= 15 is 13.2 Å². The summed E-state index contributed by atoms with van der Waals surface area (Å²) >= 11 is 0. The number of rotatable bonds is 1. The van der Waals surface area contributed by atoms with E-state index < -0.39 is 29.3 Å². The molecule has 3 aliphatic heterocycles. The van der Waals surface area contributed by atoms with Crippen molar-refractivity contribution in [1.82, 2.24) is 14.8 Å². The van der Waals surface area contributed by atoms with Crippen LogP contribution < -0.4 is 27.1 Å². The molecule has 0 radical (unpaired) electrons. The van der Waals surface area contributed by atoms with Crippen molar-refractivity contribution in [3.05, 3.63) is 62.8 Å². The summed E-state index contributed by atoms with van der Waals surface area (Å²) in [5, 5.41) is 13.6. The Morgan fingerprint density at radius 2 is 1.69 bits per heavy atom. The summed E-state index contributed by atoms with van der Waals surface area (Å²) in [6.07, 6.45) is 6.85. The highest BCUT2D eigenvalue weighted by Crippen LogP contribution is 2.46. The number of halogens is 3. The van der Waals surface area contributed by atoms with E-state index in [1.165, 1.54) is 18.2 Å². The molecule has 0 amide bonds. The maximum Gasteiger partial charge on any atom is 0.278 e. The van der Waals surface area contributed by atoms with Gasteiger partial charge in [0, 0.05) is 29.9 Å². The van der Waals surface area contributed by atoms with E-state index in [4.69, 9.17) is 11.1 Å². The minimum absolute atomic E-state index is 0.00415. The van der Waals surface area contributed by atoms with Crippen LogP contribution >= 0.6 is 0 Å². The van der Waals surface area contributed by atoms with Crippen LogP contribution in [0.5, 0.6) is 0 Å². The number of pyridine rings is 1. The number of aromatic nitrogens is 1. The largest absolute Gasteiger partial charge is 0.385 e. The zero-order valence-corrected chi connectivity index (χ0v) is 25.8. The Morgan fingerprint density at radius 1 is 1.00 bits per heavy atom. The average Bonchev–Trinajstić information content (AvgIpc) is 3.67. The van der Waals surface area contributed by atoms with Gasteiger partial charge in [0.2, 0.25) is 0 Å². The summed E-state index contributed by atoms with van der Waals surface area (Å²) in [6.45, 7) is 15.6. The van der Waals surface area contributed by atoms with E-state index in [0.29, 0.717) is 37.7 Å². The van der Waals surface area contributed by atoms with Gasteiger partial charge >= 0.3 is 0 Å². The Morgan fingerprint density at radius 3 is 2.36 bits per heavy atom. The van der Waals surface area contributed by atoms with Crippen LogP contribution in [0.2, 0.25) is 0 Å². The molecule has 1 aromatic heterocycles. The van der Waals surface area contributed by atoms with Gasteiger partial charge < -0.3 is 20.5 Å². The third kappa shape index (κ3) is 6.01. The number of hydrogen-bond acceptors (Lipinski definition) is 4. The normalized spacial score (nSPS) is 28.8. The quantitative estimate of drug-likeness (QED) is 0.424. The average molecular weight is 584 g/mol. The second-order valence-electron chi connectivity index (χ2n) is 14.1. The first-order chi connectivity index (χ1) is 19.7. The summed E-state index contributed by atoms with van der Waals surface area (Å²) in [5.74, 6) is -4.82. The molecule has 1 saturated carbocycles. The zero-order chi connectivity index (χ0) is 30.4.